The van der Waals surface area contributed by atoms with Crippen molar-refractivity contribution in [2.75, 3.05) is 26.9 Å². The summed E-state index contributed by atoms with van der Waals surface area (Å²) in [5.74, 6) is 2.24. The number of benzene rings is 1. The number of rotatable bonds is 9. The van der Waals surface area contributed by atoms with Gasteiger partial charge < -0.3 is 18.9 Å². The summed E-state index contributed by atoms with van der Waals surface area (Å²) in [5.41, 5.74) is 0.203. The van der Waals surface area contributed by atoms with Gasteiger partial charge in [0, 0.05) is 22.9 Å². The first-order chi connectivity index (χ1) is 12.2. The smallest absolute Gasteiger partial charge is 0.124 e. The molecular weight excluding hydrogens is 356 g/mol. The van der Waals surface area contributed by atoms with Crippen molar-refractivity contribution in [1.29, 1.82) is 0 Å². The third kappa shape index (κ3) is 5.92. The van der Waals surface area contributed by atoms with Crippen LogP contribution in [0, 0.1) is 5.92 Å². The maximum Gasteiger partial charge on any atom is 0.124 e. The van der Waals surface area contributed by atoms with Crippen LogP contribution in [0.2, 0.25) is 0 Å². The molecule has 1 aromatic heterocycles. The second-order valence-electron chi connectivity index (χ2n) is 6.07. The summed E-state index contributed by atoms with van der Waals surface area (Å²) in [6.07, 6.45) is 1.07. The zero-order chi connectivity index (χ0) is 17.5. The lowest BCUT2D eigenvalue weighted by Gasteiger charge is -2.14. The molecule has 0 aliphatic carbocycles. The zero-order valence-corrected chi connectivity index (χ0v) is 16.2. The van der Waals surface area contributed by atoms with Gasteiger partial charge in [0.2, 0.25) is 0 Å². The summed E-state index contributed by atoms with van der Waals surface area (Å²) in [6.45, 7) is 4.71. The minimum absolute atomic E-state index is 0.203. The lowest BCUT2D eigenvalue weighted by molar-refractivity contribution is 0.146. The molecule has 0 bridgehead atoms. The monoisotopic (exact) mass is 380 g/mol. The fraction of sp³-hybridized carbons (Fsp3) is 0.474. The van der Waals surface area contributed by atoms with Gasteiger partial charge in [-0.3, -0.25) is 0 Å². The Balaban J connectivity index is 1.68. The second kappa shape index (κ2) is 9.48. The average molecular weight is 381 g/mol. The highest BCUT2D eigenvalue weighted by atomic mass is 32.2. The molecule has 2 heterocycles. The molecule has 0 saturated carbocycles. The van der Waals surface area contributed by atoms with Crippen LogP contribution < -0.4 is 9.47 Å². The Bertz CT molecular complexity index is 645. The molecule has 0 spiro atoms. The van der Waals surface area contributed by atoms with E-state index in [1.54, 1.807) is 30.2 Å². The van der Waals surface area contributed by atoms with Crippen LogP contribution in [-0.4, -0.2) is 32.4 Å². The molecule has 0 radical (unpaired) electrons. The maximum absolute atomic E-state index is 5.97. The minimum Gasteiger partial charge on any atom is -0.491 e. The van der Waals surface area contributed by atoms with Crippen LogP contribution in [0.3, 0.4) is 0 Å². The van der Waals surface area contributed by atoms with Crippen LogP contribution in [0.5, 0.6) is 11.5 Å². The quantitative estimate of drug-likeness (QED) is 0.583. The van der Waals surface area contributed by atoms with E-state index in [1.807, 2.05) is 18.2 Å². The number of thiophene rings is 1. The van der Waals surface area contributed by atoms with Gasteiger partial charge in [-0.1, -0.05) is 24.8 Å². The first-order valence-corrected chi connectivity index (χ1v) is 10.2. The Morgan fingerprint density at radius 1 is 1.20 bits per heavy atom. The van der Waals surface area contributed by atoms with Gasteiger partial charge in [-0.15, -0.1) is 11.3 Å². The summed E-state index contributed by atoms with van der Waals surface area (Å²) >= 11 is 3.43. The number of hydrogen-bond acceptors (Lipinski definition) is 6. The van der Waals surface area contributed by atoms with E-state index in [9.17, 15) is 0 Å². The first-order valence-electron chi connectivity index (χ1n) is 8.43. The van der Waals surface area contributed by atoms with Gasteiger partial charge in [0.1, 0.15) is 30.1 Å². The third-order valence-corrected chi connectivity index (χ3v) is 5.75. The molecule has 0 amide bonds. The summed E-state index contributed by atoms with van der Waals surface area (Å²) in [4.78, 5) is 2.31. The van der Waals surface area contributed by atoms with Gasteiger partial charge in [-0.25, -0.2) is 0 Å². The van der Waals surface area contributed by atoms with Gasteiger partial charge in [-0.2, -0.15) is 0 Å². The van der Waals surface area contributed by atoms with Crippen LogP contribution >= 0.6 is 23.1 Å². The number of ether oxygens (including phenoxy) is 4. The van der Waals surface area contributed by atoms with E-state index in [1.165, 1.54) is 4.88 Å². The van der Waals surface area contributed by atoms with Gasteiger partial charge >= 0.3 is 0 Å². The van der Waals surface area contributed by atoms with Crippen molar-refractivity contribution in [1.82, 2.24) is 0 Å². The summed E-state index contributed by atoms with van der Waals surface area (Å²) in [5, 5.41) is 2.06. The van der Waals surface area contributed by atoms with E-state index < -0.39 is 0 Å². The summed E-state index contributed by atoms with van der Waals surface area (Å²) in [7, 11) is 1.67. The number of thioether (sulfide) groups is 1. The van der Waals surface area contributed by atoms with Gasteiger partial charge in [0.15, 0.2) is 0 Å². The van der Waals surface area contributed by atoms with Crippen LogP contribution in [0.25, 0.3) is 0 Å². The largest absolute Gasteiger partial charge is 0.491 e. The molecule has 1 aliphatic heterocycles. The molecule has 0 N–H and O–H groups in total. The zero-order valence-electron chi connectivity index (χ0n) is 14.6. The van der Waals surface area contributed by atoms with Crippen LogP contribution in [0.1, 0.15) is 18.2 Å². The van der Waals surface area contributed by atoms with Crippen LogP contribution in [-0.2, 0) is 16.1 Å². The van der Waals surface area contributed by atoms with E-state index in [0.717, 1.165) is 29.4 Å². The topological polar surface area (TPSA) is 36.9 Å². The standard InChI is InChI=1S/C19H24O4S2/c1-14-8-19(23-12-14)25-18-10-15(21-6-5-20-2)9-16(11-18)22-13-17-4-3-7-24-17/h3-4,7,9-11,14,19H,5-6,8,12-13H2,1-2H3/t14-,19?/m1/s1. The fourth-order valence-electron chi connectivity index (χ4n) is 2.54. The highest BCUT2D eigenvalue weighted by Crippen LogP contribution is 2.37. The fourth-order valence-corrected chi connectivity index (χ4v) is 4.40. The van der Waals surface area contributed by atoms with Crippen molar-refractivity contribution >= 4 is 23.1 Å². The molecule has 2 aromatic rings. The second-order valence-corrected chi connectivity index (χ2v) is 8.34. The minimum atomic E-state index is 0.203. The van der Waals surface area contributed by atoms with Gasteiger partial charge in [0.05, 0.1) is 13.2 Å². The van der Waals surface area contributed by atoms with E-state index in [4.69, 9.17) is 18.9 Å². The lowest BCUT2D eigenvalue weighted by Crippen LogP contribution is -2.05. The molecule has 1 aromatic carbocycles. The molecule has 6 heteroatoms. The Morgan fingerprint density at radius 2 is 2.04 bits per heavy atom. The highest BCUT2D eigenvalue weighted by molar-refractivity contribution is 7.99. The van der Waals surface area contributed by atoms with Gasteiger partial charge in [0.25, 0.3) is 0 Å². The SMILES string of the molecule is COCCOc1cc(OCc2cccs2)cc(SC2C[C@@H](C)CO2)c1. The molecule has 25 heavy (non-hydrogen) atoms. The van der Waals surface area contributed by atoms with E-state index in [0.29, 0.717) is 25.7 Å². The molecule has 1 fully saturated rings. The average Bonchev–Trinajstić information content (AvgIpc) is 3.25. The predicted octanol–water partition coefficient (Wildman–Crippen LogP) is 4.83. The molecule has 2 atom stereocenters. The van der Waals surface area contributed by atoms with E-state index in [2.05, 4.69) is 24.4 Å². The Kier molecular flexibility index (Phi) is 7.04. The normalized spacial score (nSPS) is 19.9. The highest BCUT2D eigenvalue weighted by Gasteiger charge is 2.23. The third-order valence-electron chi connectivity index (χ3n) is 3.80. The van der Waals surface area contributed by atoms with Crippen molar-refractivity contribution < 1.29 is 18.9 Å². The Morgan fingerprint density at radius 3 is 2.72 bits per heavy atom. The Labute approximate surface area is 157 Å². The molecule has 1 aliphatic rings. The molecule has 3 rings (SSSR count). The predicted molar refractivity (Wildman–Crippen MR) is 102 cm³/mol. The van der Waals surface area contributed by atoms with E-state index >= 15 is 0 Å². The first kappa shape index (κ1) is 18.6. The van der Waals surface area contributed by atoms with Crippen molar-refractivity contribution in [3.8, 4) is 11.5 Å². The maximum atomic E-state index is 5.97. The van der Waals surface area contributed by atoms with Crippen molar-refractivity contribution in [3.05, 3.63) is 40.6 Å². The number of methoxy groups -OCH3 is 1. The van der Waals surface area contributed by atoms with Crippen LogP contribution in [0.15, 0.2) is 40.6 Å². The molecular formula is C19H24O4S2. The molecule has 4 nitrogen and oxygen atoms in total. The van der Waals surface area contributed by atoms with Gasteiger partial charge in [-0.05, 0) is 35.9 Å². The molecule has 1 unspecified atom stereocenters. The Hall–Kier alpha value is -1.21. The molecule has 1 saturated heterocycles. The lowest BCUT2D eigenvalue weighted by atomic mass is 10.2. The molecule has 136 valence electrons. The van der Waals surface area contributed by atoms with Crippen molar-refractivity contribution in [3.63, 3.8) is 0 Å². The van der Waals surface area contributed by atoms with Crippen molar-refractivity contribution in [2.24, 2.45) is 5.92 Å². The summed E-state index contributed by atoms with van der Waals surface area (Å²) < 4.78 is 22.7. The van der Waals surface area contributed by atoms with Crippen LogP contribution in [0.4, 0.5) is 0 Å². The van der Waals surface area contributed by atoms with Crippen molar-refractivity contribution in [2.45, 2.75) is 30.3 Å². The van der Waals surface area contributed by atoms with E-state index in [-0.39, 0.29) is 5.44 Å². The number of hydrogen-bond donors (Lipinski definition) is 0. The summed E-state index contributed by atoms with van der Waals surface area (Å²) in [6, 6.07) is 10.2.